The number of benzene rings is 1. The summed E-state index contributed by atoms with van der Waals surface area (Å²) in [5, 5.41) is 14.5. The van der Waals surface area contributed by atoms with Gasteiger partial charge in [0.25, 0.3) is 0 Å². The van der Waals surface area contributed by atoms with Gasteiger partial charge in [0.15, 0.2) is 0 Å². The Balaban J connectivity index is 1.95. The highest BCUT2D eigenvalue weighted by Crippen LogP contribution is 2.24. The quantitative estimate of drug-likeness (QED) is 0.625. The molecular weight excluding hydrogens is 337 g/mol. The molecule has 1 aromatic carbocycles. The monoisotopic (exact) mass is 353 g/mol. The van der Waals surface area contributed by atoms with E-state index < -0.39 is 5.97 Å². The number of carboxylic acids is 1. The van der Waals surface area contributed by atoms with E-state index in [1.54, 1.807) is 49.6 Å². The van der Waals surface area contributed by atoms with Gasteiger partial charge in [-0.25, -0.2) is 9.37 Å². The lowest BCUT2D eigenvalue weighted by Gasteiger charge is -2.11. The summed E-state index contributed by atoms with van der Waals surface area (Å²) < 4.78 is 13.8. The summed E-state index contributed by atoms with van der Waals surface area (Å²) in [6.07, 6.45) is 3.26. The van der Waals surface area contributed by atoms with Crippen molar-refractivity contribution in [1.82, 2.24) is 15.0 Å². The van der Waals surface area contributed by atoms with Crippen LogP contribution in [0.25, 0.3) is 11.3 Å². The molecule has 0 saturated carbocycles. The van der Waals surface area contributed by atoms with E-state index in [9.17, 15) is 9.18 Å². The van der Waals surface area contributed by atoms with Crippen LogP contribution in [0.1, 0.15) is 5.56 Å². The summed E-state index contributed by atoms with van der Waals surface area (Å²) in [5.41, 5.74) is 2.43. The van der Waals surface area contributed by atoms with Crippen molar-refractivity contribution < 1.29 is 14.3 Å². The van der Waals surface area contributed by atoms with Gasteiger partial charge in [0.2, 0.25) is 5.95 Å². The SMILES string of the molecule is Cc1ccc(Nc2cc(-c3ccncc3)nc(NCC(=O)O)n2)cc1F. The van der Waals surface area contributed by atoms with Gasteiger partial charge in [-0.1, -0.05) is 6.07 Å². The number of halogens is 1. The van der Waals surface area contributed by atoms with Crippen molar-refractivity contribution >= 4 is 23.4 Å². The number of nitrogens with one attached hydrogen (secondary N) is 2. The van der Waals surface area contributed by atoms with Crippen molar-refractivity contribution in [2.24, 2.45) is 0 Å². The Morgan fingerprint density at radius 3 is 2.62 bits per heavy atom. The lowest BCUT2D eigenvalue weighted by molar-refractivity contribution is -0.134. The molecule has 0 aliphatic carbocycles. The fourth-order valence-corrected chi connectivity index (χ4v) is 2.23. The standard InChI is InChI=1S/C18H16FN5O2/c1-11-2-3-13(8-14(11)19)22-16-9-15(12-4-6-20-7-5-12)23-18(24-16)21-10-17(25)26/h2-9H,10H2,1H3,(H,25,26)(H2,21,22,23,24). The lowest BCUT2D eigenvalue weighted by atomic mass is 10.2. The van der Waals surface area contributed by atoms with Gasteiger partial charge in [0.05, 0.1) is 5.69 Å². The molecule has 0 spiro atoms. The Hall–Kier alpha value is -3.55. The molecule has 8 heteroatoms. The van der Waals surface area contributed by atoms with Gasteiger partial charge in [0, 0.05) is 29.7 Å². The van der Waals surface area contributed by atoms with Gasteiger partial charge in [-0.2, -0.15) is 4.98 Å². The van der Waals surface area contributed by atoms with E-state index in [-0.39, 0.29) is 18.3 Å². The van der Waals surface area contributed by atoms with Crippen LogP contribution in [0, 0.1) is 12.7 Å². The Morgan fingerprint density at radius 2 is 1.92 bits per heavy atom. The molecule has 0 radical (unpaired) electrons. The molecule has 3 aromatic rings. The number of aromatic nitrogens is 3. The number of hydrogen-bond acceptors (Lipinski definition) is 6. The number of rotatable bonds is 6. The molecule has 0 amide bonds. The number of pyridine rings is 1. The molecule has 0 bridgehead atoms. The maximum atomic E-state index is 13.8. The third kappa shape index (κ3) is 4.29. The van der Waals surface area contributed by atoms with Crippen LogP contribution in [-0.2, 0) is 4.79 Å². The first-order valence-corrected chi connectivity index (χ1v) is 7.79. The first kappa shape index (κ1) is 17.3. The van der Waals surface area contributed by atoms with E-state index in [4.69, 9.17) is 5.11 Å². The molecule has 0 unspecified atom stereocenters. The van der Waals surface area contributed by atoms with Crippen molar-refractivity contribution in [3.05, 3.63) is 60.2 Å². The zero-order valence-corrected chi connectivity index (χ0v) is 13.9. The second-order valence-electron chi connectivity index (χ2n) is 5.53. The third-order valence-electron chi connectivity index (χ3n) is 3.54. The summed E-state index contributed by atoms with van der Waals surface area (Å²) in [7, 11) is 0. The van der Waals surface area contributed by atoms with Gasteiger partial charge >= 0.3 is 5.97 Å². The normalized spacial score (nSPS) is 10.4. The first-order chi connectivity index (χ1) is 12.5. The van der Waals surface area contributed by atoms with Crippen LogP contribution < -0.4 is 10.6 Å². The molecule has 3 rings (SSSR count). The van der Waals surface area contributed by atoms with Gasteiger partial charge < -0.3 is 15.7 Å². The minimum Gasteiger partial charge on any atom is -0.480 e. The Labute approximate surface area is 149 Å². The van der Waals surface area contributed by atoms with Crippen LogP contribution in [-0.4, -0.2) is 32.6 Å². The zero-order chi connectivity index (χ0) is 18.5. The van der Waals surface area contributed by atoms with E-state index in [0.29, 0.717) is 22.8 Å². The second kappa shape index (κ2) is 7.56. The Bertz CT molecular complexity index is 934. The van der Waals surface area contributed by atoms with Gasteiger partial charge in [-0.15, -0.1) is 0 Å². The fourth-order valence-electron chi connectivity index (χ4n) is 2.23. The minimum atomic E-state index is -1.03. The predicted molar refractivity (Wildman–Crippen MR) is 95.8 cm³/mol. The molecule has 0 aliphatic heterocycles. The molecule has 0 atom stereocenters. The summed E-state index contributed by atoms with van der Waals surface area (Å²) >= 11 is 0. The lowest BCUT2D eigenvalue weighted by Crippen LogP contribution is -2.15. The molecule has 0 aliphatic rings. The number of carboxylic acid groups (broad SMARTS) is 1. The number of aliphatic carboxylic acids is 1. The van der Waals surface area contributed by atoms with Crippen molar-refractivity contribution in [3.63, 3.8) is 0 Å². The first-order valence-electron chi connectivity index (χ1n) is 7.79. The van der Waals surface area contributed by atoms with Gasteiger partial charge in [-0.3, -0.25) is 9.78 Å². The highest BCUT2D eigenvalue weighted by Gasteiger charge is 2.09. The zero-order valence-electron chi connectivity index (χ0n) is 13.9. The average Bonchev–Trinajstić information content (AvgIpc) is 2.64. The summed E-state index contributed by atoms with van der Waals surface area (Å²) in [6.45, 7) is 1.36. The Morgan fingerprint density at radius 1 is 1.15 bits per heavy atom. The van der Waals surface area contributed by atoms with E-state index in [1.165, 1.54) is 6.07 Å². The van der Waals surface area contributed by atoms with Crippen LogP contribution >= 0.6 is 0 Å². The van der Waals surface area contributed by atoms with Crippen molar-refractivity contribution in [3.8, 4) is 11.3 Å². The number of aryl methyl sites for hydroxylation is 1. The fraction of sp³-hybridized carbons (Fsp3) is 0.111. The molecule has 7 nitrogen and oxygen atoms in total. The second-order valence-corrected chi connectivity index (χ2v) is 5.53. The van der Waals surface area contributed by atoms with Crippen LogP contribution in [0.15, 0.2) is 48.8 Å². The average molecular weight is 353 g/mol. The van der Waals surface area contributed by atoms with Crippen LogP contribution in [0.3, 0.4) is 0 Å². The molecule has 2 aromatic heterocycles. The number of hydrogen-bond donors (Lipinski definition) is 3. The Kier molecular flexibility index (Phi) is 5.02. The van der Waals surface area contributed by atoms with Gasteiger partial charge in [0.1, 0.15) is 18.2 Å². The van der Waals surface area contributed by atoms with Crippen molar-refractivity contribution in [1.29, 1.82) is 0 Å². The summed E-state index contributed by atoms with van der Waals surface area (Å²) in [5.74, 6) is -0.805. The van der Waals surface area contributed by atoms with Crippen LogP contribution in [0.2, 0.25) is 0 Å². The van der Waals surface area contributed by atoms with Gasteiger partial charge in [-0.05, 0) is 36.8 Å². The highest BCUT2D eigenvalue weighted by molar-refractivity contribution is 5.73. The largest absolute Gasteiger partial charge is 0.480 e. The molecule has 26 heavy (non-hydrogen) atoms. The van der Waals surface area contributed by atoms with Crippen molar-refractivity contribution in [2.75, 3.05) is 17.2 Å². The molecular formula is C18H16FN5O2. The van der Waals surface area contributed by atoms with Crippen LogP contribution in [0.4, 0.5) is 21.8 Å². The van der Waals surface area contributed by atoms with Crippen molar-refractivity contribution in [2.45, 2.75) is 6.92 Å². The molecule has 132 valence electrons. The number of carbonyl (C=O) groups is 1. The van der Waals surface area contributed by atoms with Crippen LogP contribution in [0.5, 0.6) is 0 Å². The predicted octanol–water partition coefficient (Wildman–Crippen LogP) is 3.23. The maximum absolute atomic E-state index is 13.8. The molecule has 0 saturated heterocycles. The maximum Gasteiger partial charge on any atom is 0.322 e. The third-order valence-corrected chi connectivity index (χ3v) is 3.54. The molecule has 0 fully saturated rings. The topological polar surface area (TPSA) is 100 Å². The number of nitrogens with zero attached hydrogens (tertiary/aromatic N) is 3. The van der Waals surface area contributed by atoms with E-state index in [2.05, 4.69) is 25.6 Å². The minimum absolute atomic E-state index is 0.150. The smallest absolute Gasteiger partial charge is 0.322 e. The molecule has 2 heterocycles. The van der Waals surface area contributed by atoms with E-state index in [0.717, 1.165) is 5.56 Å². The number of anilines is 3. The van der Waals surface area contributed by atoms with E-state index >= 15 is 0 Å². The summed E-state index contributed by atoms with van der Waals surface area (Å²) in [6, 6.07) is 10.0. The molecule has 3 N–H and O–H groups in total. The highest BCUT2D eigenvalue weighted by atomic mass is 19.1. The van der Waals surface area contributed by atoms with E-state index in [1.807, 2.05) is 0 Å². The summed E-state index contributed by atoms with van der Waals surface area (Å²) in [4.78, 5) is 23.3.